The van der Waals surface area contributed by atoms with Gasteiger partial charge < -0.3 is 11.1 Å². The maximum atomic E-state index is 6.17. The van der Waals surface area contributed by atoms with Crippen molar-refractivity contribution in [1.29, 1.82) is 0 Å². The van der Waals surface area contributed by atoms with Gasteiger partial charge in [-0.25, -0.2) is 0 Å². The topological polar surface area (TPSA) is 38.0 Å². The van der Waals surface area contributed by atoms with Crippen molar-refractivity contribution < 1.29 is 0 Å². The van der Waals surface area contributed by atoms with E-state index in [1.54, 1.807) is 0 Å². The molecule has 16 heavy (non-hydrogen) atoms. The molecule has 0 fully saturated rings. The van der Waals surface area contributed by atoms with Crippen molar-refractivity contribution in [2.24, 2.45) is 5.73 Å². The van der Waals surface area contributed by atoms with Gasteiger partial charge in [-0.1, -0.05) is 39.7 Å². The summed E-state index contributed by atoms with van der Waals surface area (Å²) in [6.07, 6.45) is 2.80. The number of nitrogens with one attached hydrogen (secondary N) is 1. The first-order valence-corrected chi connectivity index (χ1v) is 6.35. The van der Waals surface area contributed by atoms with Crippen molar-refractivity contribution in [1.82, 2.24) is 5.32 Å². The molecule has 3 N–H and O–H groups in total. The highest BCUT2D eigenvalue weighted by molar-refractivity contribution is 9.10. The van der Waals surface area contributed by atoms with E-state index in [0.29, 0.717) is 6.54 Å². The van der Waals surface area contributed by atoms with Crippen LogP contribution in [0.25, 0.3) is 0 Å². The second-order valence-corrected chi connectivity index (χ2v) is 4.81. The molecule has 0 aliphatic rings. The Kier molecular flexibility index (Phi) is 6.06. The molecule has 0 aliphatic carbocycles. The van der Waals surface area contributed by atoms with Crippen LogP contribution in [0, 0.1) is 0 Å². The predicted octanol–water partition coefficient (Wildman–Crippen LogP) is 3.27. The Morgan fingerprint density at radius 3 is 2.88 bits per heavy atom. The molecule has 0 spiro atoms. The maximum Gasteiger partial charge on any atom is 0.0465 e. The number of rotatable bonds is 6. The summed E-state index contributed by atoms with van der Waals surface area (Å²) in [5.41, 5.74) is 6.77. The van der Waals surface area contributed by atoms with Gasteiger partial charge in [0, 0.05) is 22.1 Å². The molecule has 0 radical (unpaired) electrons. The van der Waals surface area contributed by atoms with Gasteiger partial charge in [-0.2, -0.15) is 0 Å². The first kappa shape index (κ1) is 13.7. The van der Waals surface area contributed by atoms with E-state index in [-0.39, 0.29) is 6.04 Å². The maximum absolute atomic E-state index is 6.17. The van der Waals surface area contributed by atoms with Crippen molar-refractivity contribution in [3.8, 4) is 0 Å². The summed E-state index contributed by atoms with van der Waals surface area (Å²) in [5, 5.41) is 4.08. The summed E-state index contributed by atoms with van der Waals surface area (Å²) in [5.74, 6) is 0. The van der Waals surface area contributed by atoms with Crippen LogP contribution < -0.4 is 11.1 Å². The monoisotopic (exact) mass is 302 g/mol. The molecule has 1 aromatic rings. The molecule has 0 amide bonds. The SMILES string of the molecule is C=CCCNC(CN)c1ccc(Br)cc1Cl. The fourth-order valence-electron chi connectivity index (χ4n) is 1.46. The van der Waals surface area contributed by atoms with Crippen LogP contribution in [0.3, 0.4) is 0 Å². The molecule has 0 saturated carbocycles. The Morgan fingerprint density at radius 1 is 1.56 bits per heavy atom. The minimum Gasteiger partial charge on any atom is -0.329 e. The molecule has 4 heteroatoms. The van der Waals surface area contributed by atoms with Crippen molar-refractivity contribution in [3.05, 3.63) is 45.9 Å². The highest BCUT2D eigenvalue weighted by Crippen LogP contribution is 2.26. The highest BCUT2D eigenvalue weighted by atomic mass is 79.9. The van der Waals surface area contributed by atoms with E-state index < -0.39 is 0 Å². The Morgan fingerprint density at radius 2 is 2.31 bits per heavy atom. The first-order chi connectivity index (χ1) is 7.69. The summed E-state index contributed by atoms with van der Waals surface area (Å²) < 4.78 is 0.975. The summed E-state index contributed by atoms with van der Waals surface area (Å²) in [4.78, 5) is 0. The van der Waals surface area contributed by atoms with Gasteiger partial charge in [-0.15, -0.1) is 6.58 Å². The zero-order valence-electron chi connectivity index (χ0n) is 9.05. The number of benzene rings is 1. The van der Waals surface area contributed by atoms with Crippen molar-refractivity contribution in [2.45, 2.75) is 12.5 Å². The van der Waals surface area contributed by atoms with E-state index in [1.165, 1.54) is 0 Å². The second-order valence-electron chi connectivity index (χ2n) is 3.49. The molecule has 2 nitrogen and oxygen atoms in total. The van der Waals surface area contributed by atoms with E-state index in [9.17, 15) is 0 Å². The van der Waals surface area contributed by atoms with Crippen LogP contribution >= 0.6 is 27.5 Å². The van der Waals surface area contributed by atoms with Gasteiger partial charge in [0.25, 0.3) is 0 Å². The Balaban J connectivity index is 2.74. The largest absolute Gasteiger partial charge is 0.329 e. The molecule has 88 valence electrons. The van der Waals surface area contributed by atoms with Gasteiger partial charge in [-0.05, 0) is 30.7 Å². The molecule has 0 aromatic heterocycles. The Hall–Kier alpha value is -0.350. The van der Waals surface area contributed by atoms with E-state index in [0.717, 1.165) is 28.0 Å². The van der Waals surface area contributed by atoms with Crippen molar-refractivity contribution >= 4 is 27.5 Å². The fourth-order valence-corrected chi connectivity index (χ4v) is 2.27. The molecular weight excluding hydrogens is 288 g/mol. The van der Waals surface area contributed by atoms with E-state index in [2.05, 4.69) is 27.8 Å². The predicted molar refractivity (Wildman–Crippen MR) is 73.8 cm³/mol. The average Bonchev–Trinajstić information content (AvgIpc) is 2.26. The lowest BCUT2D eigenvalue weighted by molar-refractivity contribution is 0.548. The normalized spacial score (nSPS) is 12.4. The minimum absolute atomic E-state index is 0.0977. The minimum atomic E-state index is 0.0977. The van der Waals surface area contributed by atoms with Crippen molar-refractivity contribution in [2.75, 3.05) is 13.1 Å². The Bertz CT molecular complexity index is 355. The molecule has 0 heterocycles. The smallest absolute Gasteiger partial charge is 0.0465 e. The molecule has 0 aliphatic heterocycles. The highest BCUT2D eigenvalue weighted by Gasteiger charge is 2.12. The molecule has 1 atom stereocenters. The number of halogens is 2. The molecule has 1 rings (SSSR count). The van der Waals surface area contributed by atoms with Gasteiger partial charge >= 0.3 is 0 Å². The molecule has 1 aromatic carbocycles. The van der Waals surface area contributed by atoms with Crippen LogP contribution in [0.1, 0.15) is 18.0 Å². The van der Waals surface area contributed by atoms with Crippen LogP contribution in [0.15, 0.2) is 35.3 Å². The molecule has 1 unspecified atom stereocenters. The van der Waals surface area contributed by atoms with Gasteiger partial charge in [0.2, 0.25) is 0 Å². The van der Waals surface area contributed by atoms with Gasteiger partial charge in [0.15, 0.2) is 0 Å². The van der Waals surface area contributed by atoms with E-state index in [1.807, 2.05) is 24.3 Å². The van der Waals surface area contributed by atoms with Gasteiger partial charge in [0.05, 0.1) is 0 Å². The van der Waals surface area contributed by atoms with E-state index in [4.69, 9.17) is 17.3 Å². The molecule has 0 saturated heterocycles. The average molecular weight is 304 g/mol. The van der Waals surface area contributed by atoms with Crippen LogP contribution in [0.4, 0.5) is 0 Å². The zero-order chi connectivity index (χ0) is 12.0. The number of hydrogen-bond donors (Lipinski definition) is 2. The van der Waals surface area contributed by atoms with E-state index >= 15 is 0 Å². The quantitative estimate of drug-likeness (QED) is 0.625. The second kappa shape index (κ2) is 7.07. The third-order valence-electron chi connectivity index (χ3n) is 2.31. The summed E-state index contributed by atoms with van der Waals surface area (Å²) in [6, 6.07) is 5.94. The van der Waals surface area contributed by atoms with Crippen LogP contribution in [0.5, 0.6) is 0 Å². The summed E-state index contributed by atoms with van der Waals surface area (Å²) >= 11 is 9.55. The molecular formula is C12H16BrClN2. The van der Waals surface area contributed by atoms with Gasteiger partial charge in [-0.3, -0.25) is 0 Å². The first-order valence-electron chi connectivity index (χ1n) is 5.18. The standard InChI is InChI=1S/C12H16BrClN2/c1-2-3-6-16-12(8-15)10-5-4-9(13)7-11(10)14/h2,4-5,7,12,16H,1,3,6,8,15H2. The number of hydrogen-bond acceptors (Lipinski definition) is 2. The molecule has 0 bridgehead atoms. The van der Waals surface area contributed by atoms with Gasteiger partial charge in [0.1, 0.15) is 0 Å². The third-order valence-corrected chi connectivity index (χ3v) is 3.13. The fraction of sp³-hybridized carbons (Fsp3) is 0.333. The lowest BCUT2D eigenvalue weighted by atomic mass is 10.1. The van der Waals surface area contributed by atoms with Crippen molar-refractivity contribution in [3.63, 3.8) is 0 Å². The van der Waals surface area contributed by atoms with Crippen LogP contribution in [-0.2, 0) is 0 Å². The summed E-state index contributed by atoms with van der Waals surface area (Å²) in [6.45, 7) is 5.07. The number of nitrogens with two attached hydrogens (primary N) is 1. The summed E-state index contributed by atoms with van der Waals surface area (Å²) in [7, 11) is 0. The third kappa shape index (κ3) is 3.91. The lowest BCUT2D eigenvalue weighted by Gasteiger charge is -2.18. The Labute approximate surface area is 110 Å². The van der Waals surface area contributed by atoms with Crippen LogP contribution in [-0.4, -0.2) is 13.1 Å². The van der Waals surface area contributed by atoms with Crippen LogP contribution in [0.2, 0.25) is 5.02 Å². The zero-order valence-corrected chi connectivity index (χ0v) is 11.4. The lowest BCUT2D eigenvalue weighted by Crippen LogP contribution is -2.29.